The average Bonchev–Trinajstić information content (AvgIpc) is 3.24. The lowest BCUT2D eigenvalue weighted by atomic mass is 9.72. The molecule has 5 nitrogen and oxygen atoms in total. The van der Waals surface area contributed by atoms with Crippen molar-refractivity contribution < 1.29 is 23.4 Å². The van der Waals surface area contributed by atoms with Gasteiger partial charge in [-0.15, -0.1) is 0 Å². The second-order valence-corrected chi connectivity index (χ2v) is 13.4. The zero-order valence-electron chi connectivity index (χ0n) is 25.1. The van der Waals surface area contributed by atoms with Crippen molar-refractivity contribution in [3.8, 4) is 0 Å². The Bertz CT molecular complexity index is 1230. The molecule has 0 spiro atoms. The molecule has 2 aliphatic heterocycles. The van der Waals surface area contributed by atoms with Crippen molar-refractivity contribution in [3.63, 3.8) is 0 Å². The van der Waals surface area contributed by atoms with Crippen LogP contribution in [0.25, 0.3) is 0 Å². The smallest absolute Gasteiger partial charge is 0.399 e. The van der Waals surface area contributed by atoms with E-state index in [9.17, 15) is 0 Å². The van der Waals surface area contributed by atoms with Gasteiger partial charge in [-0.3, -0.25) is 0 Å². The quantitative estimate of drug-likeness (QED) is 0.394. The third-order valence-electron chi connectivity index (χ3n) is 9.64. The molecule has 2 aromatic rings. The van der Waals surface area contributed by atoms with Crippen LogP contribution < -0.4 is 10.9 Å². The van der Waals surface area contributed by atoms with Gasteiger partial charge in [0.2, 0.25) is 0 Å². The van der Waals surface area contributed by atoms with E-state index in [0.29, 0.717) is 0 Å². The van der Waals surface area contributed by atoms with Crippen molar-refractivity contribution >= 4 is 25.2 Å². The molecule has 2 saturated heterocycles. The zero-order valence-corrected chi connectivity index (χ0v) is 25.1. The lowest BCUT2D eigenvalue weighted by Crippen LogP contribution is -2.41. The highest BCUT2D eigenvalue weighted by molar-refractivity contribution is 6.62. The van der Waals surface area contributed by atoms with E-state index in [1.165, 1.54) is 5.56 Å². The van der Waals surface area contributed by atoms with Crippen molar-refractivity contribution in [2.24, 2.45) is 0 Å². The van der Waals surface area contributed by atoms with E-state index in [-0.39, 0.29) is 42.1 Å². The van der Waals surface area contributed by atoms with Gasteiger partial charge in [-0.2, -0.15) is 0 Å². The molecule has 2 fully saturated rings. The summed E-state index contributed by atoms with van der Waals surface area (Å²) >= 11 is 0. The van der Waals surface area contributed by atoms with E-state index in [1.54, 1.807) is 7.11 Å². The van der Waals surface area contributed by atoms with E-state index in [0.717, 1.165) is 16.5 Å². The first-order valence-corrected chi connectivity index (χ1v) is 13.9. The zero-order chi connectivity index (χ0) is 28.5. The van der Waals surface area contributed by atoms with Gasteiger partial charge in [0.1, 0.15) is 5.60 Å². The van der Waals surface area contributed by atoms with Gasteiger partial charge < -0.3 is 23.4 Å². The Balaban J connectivity index is 1.32. The maximum absolute atomic E-state index is 6.23. The summed E-state index contributed by atoms with van der Waals surface area (Å²) in [7, 11) is 0.998. The summed E-state index contributed by atoms with van der Waals surface area (Å²) in [5.74, 6) is 0. The molecule has 0 atom stereocenters. The molecule has 2 aromatic carbocycles. The van der Waals surface area contributed by atoms with E-state index in [2.05, 4.69) is 135 Å². The molecule has 1 aliphatic carbocycles. The standard InChI is InChI=1S/C32H42B2O5/c1-27(2)28(3,4)37-33(36-27)25-15-11-23(12-16-25)31(9)19-21-32(35-10,22-20-31)24-13-17-26(18-14-24)34-38-29(5,6)30(7,8)39-34/h11-22H,1-10H3/t31-,32-. The fraction of sp³-hybridized carbons (Fsp3) is 0.500. The molecular formula is C32H42B2O5. The first-order chi connectivity index (χ1) is 18.0. The summed E-state index contributed by atoms with van der Waals surface area (Å²) in [6.45, 7) is 18.8. The normalized spacial score (nSPS) is 30.2. The van der Waals surface area contributed by atoms with Gasteiger partial charge in [0, 0.05) is 12.5 Å². The third-order valence-corrected chi connectivity index (χ3v) is 9.64. The molecular weight excluding hydrogens is 486 g/mol. The van der Waals surface area contributed by atoms with Crippen LogP contribution in [0.3, 0.4) is 0 Å². The molecule has 7 heteroatoms. The number of benzene rings is 2. The minimum atomic E-state index is -0.642. The number of rotatable bonds is 5. The molecule has 39 heavy (non-hydrogen) atoms. The largest absolute Gasteiger partial charge is 0.494 e. The molecule has 0 amide bonds. The van der Waals surface area contributed by atoms with Crippen molar-refractivity contribution in [1.82, 2.24) is 0 Å². The molecule has 0 aromatic heterocycles. The molecule has 3 aliphatic rings. The topological polar surface area (TPSA) is 46.2 Å². The van der Waals surface area contributed by atoms with Gasteiger partial charge in [0.15, 0.2) is 0 Å². The van der Waals surface area contributed by atoms with Gasteiger partial charge in [-0.1, -0.05) is 60.7 Å². The second-order valence-electron chi connectivity index (χ2n) is 13.4. The Hall–Kier alpha value is -2.15. The average molecular weight is 528 g/mol. The molecule has 0 bridgehead atoms. The molecule has 5 rings (SSSR count). The first-order valence-electron chi connectivity index (χ1n) is 13.9. The summed E-state index contributed by atoms with van der Waals surface area (Å²) in [6, 6.07) is 16.9. The number of hydrogen-bond acceptors (Lipinski definition) is 5. The fourth-order valence-corrected chi connectivity index (χ4v) is 5.20. The Morgan fingerprint density at radius 2 is 0.821 bits per heavy atom. The van der Waals surface area contributed by atoms with Gasteiger partial charge in [0.05, 0.1) is 22.4 Å². The van der Waals surface area contributed by atoms with Crippen molar-refractivity contribution in [3.05, 3.63) is 84.0 Å². The predicted octanol–water partition coefficient (Wildman–Crippen LogP) is 5.21. The number of ether oxygens (including phenoxy) is 1. The molecule has 206 valence electrons. The van der Waals surface area contributed by atoms with Crippen LogP contribution in [0.4, 0.5) is 0 Å². The van der Waals surface area contributed by atoms with Crippen LogP contribution in [0.15, 0.2) is 72.8 Å². The molecule has 0 unspecified atom stereocenters. The van der Waals surface area contributed by atoms with Crippen LogP contribution >= 0.6 is 0 Å². The summed E-state index contributed by atoms with van der Waals surface area (Å²) in [4.78, 5) is 0. The van der Waals surface area contributed by atoms with Crippen LogP contribution in [0, 0.1) is 0 Å². The highest BCUT2D eigenvalue weighted by Gasteiger charge is 2.52. The van der Waals surface area contributed by atoms with Crippen LogP contribution in [0.2, 0.25) is 0 Å². The summed E-state index contributed by atoms with van der Waals surface area (Å²) in [6.07, 6.45) is 8.75. The lowest BCUT2D eigenvalue weighted by Gasteiger charge is -2.35. The number of hydrogen-bond donors (Lipinski definition) is 0. The van der Waals surface area contributed by atoms with E-state index in [1.807, 2.05) is 0 Å². The Morgan fingerprint density at radius 1 is 0.487 bits per heavy atom. The maximum atomic E-state index is 6.23. The van der Waals surface area contributed by atoms with Crippen LogP contribution in [-0.2, 0) is 34.4 Å². The monoisotopic (exact) mass is 528 g/mol. The van der Waals surface area contributed by atoms with E-state index < -0.39 is 5.60 Å². The van der Waals surface area contributed by atoms with Gasteiger partial charge in [-0.25, -0.2) is 0 Å². The Kier molecular flexibility index (Phi) is 6.68. The molecule has 0 saturated carbocycles. The maximum Gasteiger partial charge on any atom is 0.494 e. The predicted molar refractivity (Wildman–Crippen MR) is 159 cm³/mol. The van der Waals surface area contributed by atoms with Crippen LogP contribution in [0.1, 0.15) is 73.4 Å². The molecule has 0 N–H and O–H groups in total. The van der Waals surface area contributed by atoms with Crippen LogP contribution in [-0.4, -0.2) is 43.8 Å². The SMILES string of the molecule is CO[C@]1(c2ccc(B3OC(C)(C)C(C)(C)O3)cc2)C=C[C@@](C)(c2ccc(B3OC(C)(C)C(C)(C)O3)cc2)C=C1. The third kappa shape index (κ3) is 4.76. The number of allylic oxidation sites excluding steroid dienone is 2. The van der Waals surface area contributed by atoms with Gasteiger partial charge in [0.25, 0.3) is 0 Å². The van der Waals surface area contributed by atoms with Crippen LogP contribution in [0.5, 0.6) is 0 Å². The highest BCUT2D eigenvalue weighted by atomic mass is 16.7. The van der Waals surface area contributed by atoms with Crippen molar-refractivity contribution in [1.29, 1.82) is 0 Å². The highest BCUT2D eigenvalue weighted by Crippen LogP contribution is 2.40. The second kappa shape index (κ2) is 9.19. The molecule has 2 heterocycles. The van der Waals surface area contributed by atoms with Crippen molar-refractivity contribution in [2.75, 3.05) is 7.11 Å². The Labute approximate surface area is 235 Å². The fourth-order valence-electron chi connectivity index (χ4n) is 5.20. The van der Waals surface area contributed by atoms with Gasteiger partial charge >= 0.3 is 14.2 Å². The summed E-state index contributed by atoms with van der Waals surface area (Å²) in [5, 5.41) is 0. The molecule has 0 radical (unpaired) electrons. The number of methoxy groups -OCH3 is 1. The van der Waals surface area contributed by atoms with E-state index in [4.69, 9.17) is 23.4 Å². The van der Waals surface area contributed by atoms with Crippen molar-refractivity contribution in [2.45, 2.75) is 95.7 Å². The first kappa shape index (κ1) is 28.4. The Morgan fingerprint density at radius 3 is 1.15 bits per heavy atom. The summed E-state index contributed by atoms with van der Waals surface area (Å²) in [5.41, 5.74) is 1.91. The van der Waals surface area contributed by atoms with E-state index >= 15 is 0 Å². The lowest BCUT2D eigenvalue weighted by molar-refractivity contribution is 0.00578. The minimum Gasteiger partial charge on any atom is -0.399 e. The van der Waals surface area contributed by atoms with Gasteiger partial charge in [-0.05, 0) is 96.5 Å². The summed E-state index contributed by atoms with van der Waals surface area (Å²) < 4.78 is 31.0. The minimum absolute atomic E-state index is 0.265.